The van der Waals surface area contributed by atoms with E-state index < -0.39 is 0 Å². The zero-order valence-electron chi connectivity index (χ0n) is 18.3. The maximum atomic E-state index is 12.8. The Balaban J connectivity index is 1.53. The molecule has 2 N–H and O–H groups in total. The molecule has 6 heteroatoms. The third-order valence-corrected chi connectivity index (χ3v) is 6.01. The maximum Gasteiger partial charge on any atom is 0.225 e. The first-order chi connectivity index (χ1) is 14.1. The smallest absolute Gasteiger partial charge is 0.225 e. The number of guanidine groups is 1. The predicted molar refractivity (Wildman–Crippen MR) is 120 cm³/mol. The molecule has 29 heavy (non-hydrogen) atoms. The van der Waals surface area contributed by atoms with Gasteiger partial charge in [-0.05, 0) is 43.9 Å². The van der Waals surface area contributed by atoms with Crippen molar-refractivity contribution in [3.63, 3.8) is 0 Å². The molecule has 1 aliphatic heterocycles. The predicted octanol–water partition coefficient (Wildman–Crippen LogP) is 2.99. The van der Waals surface area contributed by atoms with Crippen LogP contribution in [0.1, 0.15) is 51.0 Å². The van der Waals surface area contributed by atoms with Crippen molar-refractivity contribution in [2.75, 3.05) is 38.6 Å². The van der Waals surface area contributed by atoms with Crippen LogP contribution in [0.5, 0.6) is 0 Å². The van der Waals surface area contributed by atoms with Crippen LogP contribution in [-0.4, -0.2) is 56.5 Å². The Morgan fingerprint density at radius 3 is 2.52 bits per heavy atom. The number of amides is 1. The van der Waals surface area contributed by atoms with E-state index in [9.17, 15) is 4.79 Å². The number of nitrogens with one attached hydrogen (secondary N) is 2. The van der Waals surface area contributed by atoms with Crippen LogP contribution in [0.3, 0.4) is 0 Å². The molecule has 0 radical (unpaired) electrons. The molecule has 1 amide bonds. The molecule has 0 bridgehead atoms. The molecule has 1 saturated heterocycles. The van der Waals surface area contributed by atoms with Gasteiger partial charge in [0.05, 0.1) is 6.54 Å². The van der Waals surface area contributed by atoms with Gasteiger partial charge in [0, 0.05) is 51.4 Å². The summed E-state index contributed by atoms with van der Waals surface area (Å²) in [4.78, 5) is 21.7. The quantitative estimate of drug-likeness (QED) is 0.570. The van der Waals surface area contributed by atoms with E-state index in [1.54, 1.807) is 0 Å². The minimum atomic E-state index is 0.259. The standard InChI is InChI=1S/C23H37N5O/c1-4-24-23(25-16-18-10-12-21(13-11-18)27(2)3)26-20-14-15-28(17-20)22(29)19-8-6-5-7-9-19/h10-13,19-20H,4-9,14-17H2,1-3H3,(H2,24,25,26). The van der Waals surface area contributed by atoms with Crippen molar-refractivity contribution in [2.45, 2.75) is 58.0 Å². The number of carbonyl (C=O) groups is 1. The third-order valence-electron chi connectivity index (χ3n) is 6.01. The first kappa shape index (κ1) is 21.5. The van der Waals surface area contributed by atoms with Crippen LogP contribution < -0.4 is 15.5 Å². The molecule has 1 aromatic rings. The monoisotopic (exact) mass is 399 g/mol. The highest BCUT2D eigenvalue weighted by Gasteiger charge is 2.31. The van der Waals surface area contributed by atoms with Gasteiger partial charge in [0.2, 0.25) is 5.91 Å². The van der Waals surface area contributed by atoms with Gasteiger partial charge in [0.15, 0.2) is 5.96 Å². The van der Waals surface area contributed by atoms with Gasteiger partial charge in [0.1, 0.15) is 0 Å². The van der Waals surface area contributed by atoms with E-state index in [2.05, 4.69) is 51.6 Å². The Morgan fingerprint density at radius 1 is 1.14 bits per heavy atom. The summed E-state index contributed by atoms with van der Waals surface area (Å²) in [5, 5.41) is 6.89. The van der Waals surface area contributed by atoms with Gasteiger partial charge in [0.25, 0.3) is 0 Å². The SMILES string of the molecule is CCNC(=NCc1ccc(N(C)C)cc1)NC1CCN(C(=O)C2CCCCC2)C1. The summed E-state index contributed by atoms with van der Waals surface area (Å²) in [6.45, 7) is 5.19. The normalized spacial score (nSPS) is 20.6. The number of nitrogens with zero attached hydrogens (tertiary/aromatic N) is 3. The van der Waals surface area contributed by atoms with Gasteiger partial charge in [-0.2, -0.15) is 0 Å². The molecule has 2 aliphatic rings. The number of hydrogen-bond acceptors (Lipinski definition) is 3. The van der Waals surface area contributed by atoms with Gasteiger partial charge in [-0.25, -0.2) is 4.99 Å². The average Bonchev–Trinajstić information content (AvgIpc) is 3.21. The number of rotatable bonds is 6. The Hall–Kier alpha value is -2.24. The lowest BCUT2D eigenvalue weighted by atomic mass is 9.88. The number of aliphatic imine (C=N–C) groups is 1. The second-order valence-electron chi connectivity index (χ2n) is 8.51. The van der Waals surface area contributed by atoms with E-state index in [1.807, 2.05) is 14.1 Å². The Labute approximate surface area is 175 Å². The summed E-state index contributed by atoms with van der Waals surface area (Å²) in [5.74, 6) is 1.47. The van der Waals surface area contributed by atoms with E-state index in [0.29, 0.717) is 12.5 Å². The highest BCUT2D eigenvalue weighted by Crippen LogP contribution is 2.26. The number of anilines is 1. The van der Waals surface area contributed by atoms with Crippen molar-refractivity contribution in [3.05, 3.63) is 29.8 Å². The minimum Gasteiger partial charge on any atom is -0.378 e. The molecule has 160 valence electrons. The van der Waals surface area contributed by atoms with Crippen molar-refractivity contribution < 1.29 is 4.79 Å². The number of carbonyl (C=O) groups excluding carboxylic acids is 1. The van der Waals surface area contributed by atoms with Gasteiger partial charge in [-0.15, -0.1) is 0 Å². The molecule has 3 rings (SSSR count). The number of hydrogen-bond donors (Lipinski definition) is 2. The molecule has 1 aromatic carbocycles. The van der Waals surface area contributed by atoms with Gasteiger partial charge in [-0.3, -0.25) is 4.79 Å². The van der Waals surface area contributed by atoms with E-state index in [4.69, 9.17) is 4.99 Å². The van der Waals surface area contributed by atoms with Crippen molar-refractivity contribution in [3.8, 4) is 0 Å². The summed E-state index contributed by atoms with van der Waals surface area (Å²) in [6, 6.07) is 8.77. The molecule has 2 fully saturated rings. The summed E-state index contributed by atoms with van der Waals surface area (Å²) in [5.41, 5.74) is 2.38. The van der Waals surface area contributed by atoms with Crippen molar-refractivity contribution in [1.82, 2.24) is 15.5 Å². The van der Waals surface area contributed by atoms with Crippen LogP contribution in [-0.2, 0) is 11.3 Å². The van der Waals surface area contributed by atoms with Crippen LogP contribution in [0.25, 0.3) is 0 Å². The highest BCUT2D eigenvalue weighted by molar-refractivity contribution is 5.81. The molecular weight excluding hydrogens is 362 g/mol. The van der Waals surface area contributed by atoms with Crippen molar-refractivity contribution >= 4 is 17.6 Å². The highest BCUT2D eigenvalue weighted by atomic mass is 16.2. The largest absolute Gasteiger partial charge is 0.378 e. The van der Waals surface area contributed by atoms with Gasteiger partial charge < -0.3 is 20.4 Å². The van der Waals surface area contributed by atoms with Crippen LogP contribution in [0.15, 0.2) is 29.3 Å². The fourth-order valence-electron chi connectivity index (χ4n) is 4.27. The van der Waals surface area contributed by atoms with Gasteiger partial charge in [-0.1, -0.05) is 31.4 Å². The molecule has 0 spiro atoms. The first-order valence-corrected chi connectivity index (χ1v) is 11.2. The summed E-state index contributed by atoms with van der Waals surface area (Å²) in [7, 11) is 4.09. The van der Waals surface area contributed by atoms with Crippen LogP contribution >= 0.6 is 0 Å². The Morgan fingerprint density at radius 2 is 1.86 bits per heavy atom. The van der Waals surface area contributed by atoms with Crippen molar-refractivity contribution in [2.24, 2.45) is 10.9 Å². The van der Waals surface area contributed by atoms with Crippen LogP contribution in [0.4, 0.5) is 5.69 Å². The summed E-state index contributed by atoms with van der Waals surface area (Å²) in [6.07, 6.45) is 6.83. The van der Waals surface area contributed by atoms with Gasteiger partial charge >= 0.3 is 0 Å². The second-order valence-corrected chi connectivity index (χ2v) is 8.51. The summed E-state index contributed by atoms with van der Waals surface area (Å²) < 4.78 is 0. The fourth-order valence-corrected chi connectivity index (χ4v) is 4.27. The molecular formula is C23H37N5O. The average molecular weight is 400 g/mol. The fraction of sp³-hybridized carbons (Fsp3) is 0.652. The zero-order valence-corrected chi connectivity index (χ0v) is 18.3. The molecule has 0 aromatic heterocycles. The van der Waals surface area contributed by atoms with Crippen LogP contribution in [0.2, 0.25) is 0 Å². The first-order valence-electron chi connectivity index (χ1n) is 11.2. The van der Waals surface area contributed by atoms with Crippen LogP contribution in [0, 0.1) is 5.92 Å². The number of likely N-dealkylation sites (tertiary alicyclic amines) is 1. The lowest BCUT2D eigenvalue weighted by Gasteiger charge is -2.26. The van der Waals surface area contributed by atoms with E-state index in [-0.39, 0.29) is 12.0 Å². The number of benzene rings is 1. The topological polar surface area (TPSA) is 60.0 Å². The minimum absolute atomic E-state index is 0.259. The molecule has 6 nitrogen and oxygen atoms in total. The zero-order chi connectivity index (χ0) is 20.6. The Kier molecular flexibility index (Phi) is 7.78. The Bertz CT molecular complexity index is 679. The maximum absolute atomic E-state index is 12.8. The molecule has 1 heterocycles. The molecule has 1 aliphatic carbocycles. The van der Waals surface area contributed by atoms with E-state index in [0.717, 1.165) is 44.9 Å². The second kappa shape index (κ2) is 10.5. The van der Waals surface area contributed by atoms with E-state index >= 15 is 0 Å². The molecule has 1 saturated carbocycles. The van der Waals surface area contributed by atoms with E-state index in [1.165, 1.54) is 30.5 Å². The lowest BCUT2D eigenvalue weighted by molar-refractivity contribution is -0.135. The third kappa shape index (κ3) is 6.12. The summed E-state index contributed by atoms with van der Waals surface area (Å²) >= 11 is 0. The molecule has 1 unspecified atom stereocenters. The van der Waals surface area contributed by atoms with Crippen molar-refractivity contribution in [1.29, 1.82) is 0 Å². The molecule has 1 atom stereocenters. The lowest BCUT2D eigenvalue weighted by Crippen LogP contribution is -2.45.